The summed E-state index contributed by atoms with van der Waals surface area (Å²) in [5.41, 5.74) is 0.910. The summed E-state index contributed by atoms with van der Waals surface area (Å²) >= 11 is 0. The number of ether oxygens (including phenoxy) is 1. The SMILES string of the molecule is CCOC(=O)C(CC)C(O)c1ccc(C)c(F)c1. The standard InChI is InChI=1S/C14H19FO3/c1-4-11(14(17)18-5-2)13(16)10-7-6-9(3)12(15)8-10/h6-8,11,13,16H,4-5H2,1-3H3. The summed E-state index contributed by atoms with van der Waals surface area (Å²) in [4.78, 5) is 11.7. The number of rotatable bonds is 5. The Hall–Kier alpha value is -1.42. The molecule has 1 N–H and O–H groups in total. The Morgan fingerprint density at radius 3 is 2.61 bits per heavy atom. The molecule has 0 amide bonds. The van der Waals surface area contributed by atoms with E-state index in [1.165, 1.54) is 6.07 Å². The van der Waals surface area contributed by atoms with Crippen molar-refractivity contribution < 1.29 is 19.0 Å². The van der Waals surface area contributed by atoms with Crippen LogP contribution in [0.1, 0.15) is 37.5 Å². The predicted molar refractivity (Wildman–Crippen MR) is 66.5 cm³/mol. The van der Waals surface area contributed by atoms with Gasteiger partial charge in [-0.25, -0.2) is 4.39 Å². The van der Waals surface area contributed by atoms with Crippen LogP contribution >= 0.6 is 0 Å². The maximum absolute atomic E-state index is 13.4. The molecule has 2 unspecified atom stereocenters. The van der Waals surface area contributed by atoms with E-state index in [1.807, 2.05) is 0 Å². The number of aliphatic hydroxyl groups is 1. The molecule has 4 heteroatoms. The van der Waals surface area contributed by atoms with Gasteiger partial charge in [0.25, 0.3) is 0 Å². The Morgan fingerprint density at radius 1 is 1.44 bits per heavy atom. The molecule has 0 bridgehead atoms. The summed E-state index contributed by atoms with van der Waals surface area (Å²) < 4.78 is 18.3. The van der Waals surface area contributed by atoms with E-state index in [4.69, 9.17) is 4.74 Å². The quantitative estimate of drug-likeness (QED) is 0.822. The van der Waals surface area contributed by atoms with E-state index in [0.29, 0.717) is 17.5 Å². The minimum absolute atomic E-state index is 0.268. The van der Waals surface area contributed by atoms with Gasteiger partial charge in [-0.05, 0) is 37.5 Å². The van der Waals surface area contributed by atoms with Crippen molar-refractivity contribution in [3.05, 3.63) is 35.1 Å². The molecule has 0 saturated heterocycles. The molecule has 0 fully saturated rings. The number of halogens is 1. The Balaban J connectivity index is 2.92. The fraction of sp³-hybridized carbons (Fsp3) is 0.500. The van der Waals surface area contributed by atoms with Crippen LogP contribution in [-0.4, -0.2) is 17.7 Å². The first-order valence-electron chi connectivity index (χ1n) is 6.12. The second-order valence-corrected chi connectivity index (χ2v) is 4.22. The molecule has 0 radical (unpaired) electrons. The van der Waals surface area contributed by atoms with Gasteiger partial charge in [0, 0.05) is 0 Å². The highest BCUT2D eigenvalue weighted by Gasteiger charge is 2.27. The van der Waals surface area contributed by atoms with Crippen molar-refractivity contribution in [3.63, 3.8) is 0 Å². The maximum Gasteiger partial charge on any atom is 0.311 e. The Bertz CT molecular complexity index is 418. The van der Waals surface area contributed by atoms with E-state index in [-0.39, 0.29) is 12.4 Å². The minimum Gasteiger partial charge on any atom is -0.466 e. The zero-order chi connectivity index (χ0) is 13.7. The number of aryl methyl sites for hydroxylation is 1. The number of carbonyl (C=O) groups is 1. The molecule has 1 aromatic rings. The van der Waals surface area contributed by atoms with Crippen LogP contribution in [0.3, 0.4) is 0 Å². The molecule has 18 heavy (non-hydrogen) atoms. The van der Waals surface area contributed by atoms with Crippen molar-refractivity contribution in [2.24, 2.45) is 5.92 Å². The van der Waals surface area contributed by atoms with E-state index in [2.05, 4.69) is 0 Å². The largest absolute Gasteiger partial charge is 0.466 e. The molecule has 0 aliphatic heterocycles. The molecule has 0 spiro atoms. The summed E-state index contributed by atoms with van der Waals surface area (Å²) in [6.45, 7) is 5.41. The molecule has 1 rings (SSSR count). The van der Waals surface area contributed by atoms with Crippen LogP contribution in [0.25, 0.3) is 0 Å². The van der Waals surface area contributed by atoms with Gasteiger partial charge in [0.1, 0.15) is 5.82 Å². The number of carbonyl (C=O) groups excluding carboxylic acids is 1. The van der Waals surface area contributed by atoms with Gasteiger partial charge >= 0.3 is 5.97 Å². The van der Waals surface area contributed by atoms with E-state index in [1.54, 1.807) is 32.9 Å². The van der Waals surface area contributed by atoms with Crippen LogP contribution in [0, 0.1) is 18.7 Å². The molecule has 0 heterocycles. The lowest BCUT2D eigenvalue weighted by atomic mass is 9.93. The fourth-order valence-electron chi connectivity index (χ4n) is 1.79. The van der Waals surface area contributed by atoms with Crippen molar-refractivity contribution in [1.82, 2.24) is 0 Å². The Labute approximate surface area is 107 Å². The van der Waals surface area contributed by atoms with Crippen molar-refractivity contribution in [2.75, 3.05) is 6.61 Å². The van der Waals surface area contributed by atoms with E-state index in [9.17, 15) is 14.3 Å². The normalized spacial score (nSPS) is 14.1. The minimum atomic E-state index is -1.04. The fourth-order valence-corrected chi connectivity index (χ4v) is 1.79. The lowest BCUT2D eigenvalue weighted by molar-refractivity contribution is -0.152. The molecule has 0 aliphatic carbocycles. The Kier molecular flexibility index (Phi) is 5.28. The van der Waals surface area contributed by atoms with Crippen LogP contribution in [-0.2, 0) is 9.53 Å². The third kappa shape index (κ3) is 3.29. The zero-order valence-electron chi connectivity index (χ0n) is 10.9. The van der Waals surface area contributed by atoms with Gasteiger partial charge in [0.15, 0.2) is 0 Å². The molecule has 100 valence electrons. The second kappa shape index (κ2) is 6.50. The average molecular weight is 254 g/mol. The van der Waals surface area contributed by atoms with Gasteiger partial charge in [-0.2, -0.15) is 0 Å². The van der Waals surface area contributed by atoms with Crippen LogP contribution in [0.5, 0.6) is 0 Å². The molecule has 0 aromatic heterocycles. The molecule has 1 aromatic carbocycles. The molecular weight excluding hydrogens is 235 g/mol. The van der Waals surface area contributed by atoms with Gasteiger partial charge < -0.3 is 9.84 Å². The summed E-state index contributed by atoms with van der Waals surface area (Å²) in [7, 11) is 0. The third-order valence-corrected chi connectivity index (χ3v) is 2.95. The van der Waals surface area contributed by atoms with Crippen LogP contribution in [0.2, 0.25) is 0 Å². The molecule has 0 saturated carbocycles. The third-order valence-electron chi connectivity index (χ3n) is 2.95. The number of hydrogen-bond acceptors (Lipinski definition) is 3. The van der Waals surface area contributed by atoms with Gasteiger partial charge in [0.05, 0.1) is 18.6 Å². The Morgan fingerprint density at radius 2 is 2.11 bits per heavy atom. The van der Waals surface area contributed by atoms with Gasteiger partial charge in [-0.3, -0.25) is 4.79 Å². The number of esters is 1. The van der Waals surface area contributed by atoms with Crippen LogP contribution < -0.4 is 0 Å². The summed E-state index contributed by atoms with van der Waals surface area (Å²) in [6, 6.07) is 4.48. The molecule has 3 nitrogen and oxygen atoms in total. The van der Waals surface area contributed by atoms with Crippen LogP contribution in [0.4, 0.5) is 4.39 Å². The first-order chi connectivity index (χ1) is 8.51. The highest BCUT2D eigenvalue weighted by Crippen LogP contribution is 2.27. The highest BCUT2D eigenvalue weighted by molar-refractivity contribution is 5.73. The first-order valence-corrected chi connectivity index (χ1v) is 6.12. The zero-order valence-corrected chi connectivity index (χ0v) is 10.9. The number of benzene rings is 1. The maximum atomic E-state index is 13.4. The lowest BCUT2D eigenvalue weighted by Gasteiger charge is -2.20. The van der Waals surface area contributed by atoms with E-state index in [0.717, 1.165) is 0 Å². The first kappa shape index (κ1) is 14.6. The topological polar surface area (TPSA) is 46.5 Å². The van der Waals surface area contributed by atoms with E-state index >= 15 is 0 Å². The predicted octanol–water partition coefficient (Wildman–Crippen LogP) is 2.76. The van der Waals surface area contributed by atoms with Crippen molar-refractivity contribution in [3.8, 4) is 0 Å². The summed E-state index contributed by atoms with van der Waals surface area (Å²) in [5.74, 6) is -1.49. The average Bonchev–Trinajstić information content (AvgIpc) is 2.33. The lowest BCUT2D eigenvalue weighted by Crippen LogP contribution is -2.24. The van der Waals surface area contributed by atoms with Gasteiger partial charge in [-0.15, -0.1) is 0 Å². The van der Waals surface area contributed by atoms with Gasteiger partial charge in [0.2, 0.25) is 0 Å². The summed E-state index contributed by atoms with van der Waals surface area (Å²) in [6.07, 6.45) is -0.598. The molecule has 0 aliphatic rings. The smallest absolute Gasteiger partial charge is 0.311 e. The van der Waals surface area contributed by atoms with Crippen molar-refractivity contribution in [1.29, 1.82) is 0 Å². The molecule has 2 atom stereocenters. The highest BCUT2D eigenvalue weighted by atomic mass is 19.1. The van der Waals surface area contributed by atoms with Gasteiger partial charge in [-0.1, -0.05) is 19.1 Å². The number of hydrogen-bond donors (Lipinski definition) is 1. The van der Waals surface area contributed by atoms with Crippen LogP contribution in [0.15, 0.2) is 18.2 Å². The second-order valence-electron chi connectivity index (χ2n) is 4.22. The number of aliphatic hydroxyl groups excluding tert-OH is 1. The molecular formula is C14H19FO3. The monoisotopic (exact) mass is 254 g/mol. The summed E-state index contributed by atoms with van der Waals surface area (Å²) in [5, 5.41) is 10.1. The van der Waals surface area contributed by atoms with E-state index < -0.39 is 18.0 Å². The van der Waals surface area contributed by atoms with Crippen molar-refractivity contribution in [2.45, 2.75) is 33.3 Å². The van der Waals surface area contributed by atoms with Crippen molar-refractivity contribution >= 4 is 5.97 Å².